The average Bonchev–Trinajstić information content (AvgIpc) is 2.79. The highest BCUT2D eigenvalue weighted by Gasteiger charge is 2.52. The van der Waals surface area contributed by atoms with Crippen LogP contribution in [0.15, 0.2) is 18.2 Å². The van der Waals surface area contributed by atoms with E-state index < -0.39 is 36.0 Å². The number of para-hydroxylation sites is 1. The van der Waals surface area contributed by atoms with Crippen molar-refractivity contribution >= 4 is 30.3 Å². The largest absolute Gasteiger partial charge is 0.498 e. The summed E-state index contributed by atoms with van der Waals surface area (Å²) >= 11 is 0. The molecule has 7 nitrogen and oxygen atoms in total. The number of hydrogen-bond acceptors (Lipinski definition) is 6. The van der Waals surface area contributed by atoms with Gasteiger partial charge in [0.25, 0.3) is 0 Å². The Hall–Kier alpha value is -2.06. The maximum Gasteiger partial charge on any atom is 0.498 e. The van der Waals surface area contributed by atoms with Crippen molar-refractivity contribution in [1.82, 2.24) is 0 Å². The lowest BCUT2D eigenvalue weighted by atomic mass is 9.78. The van der Waals surface area contributed by atoms with Crippen molar-refractivity contribution in [2.45, 2.75) is 98.9 Å². The molecule has 8 heteroatoms. The van der Waals surface area contributed by atoms with Gasteiger partial charge >= 0.3 is 19.2 Å². The van der Waals surface area contributed by atoms with Crippen molar-refractivity contribution in [1.29, 1.82) is 0 Å². The molecule has 2 rings (SSSR count). The summed E-state index contributed by atoms with van der Waals surface area (Å²) in [6.07, 6.45) is 0.266. The van der Waals surface area contributed by atoms with Crippen molar-refractivity contribution < 1.29 is 28.4 Å². The Morgan fingerprint density at radius 3 is 2.06 bits per heavy atom. The van der Waals surface area contributed by atoms with Crippen LogP contribution < -0.4 is 15.5 Å². The van der Waals surface area contributed by atoms with E-state index in [0.29, 0.717) is 17.6 Å². The minimum Gasteiger partial charge on any atom is -0.444 e. The minimum absolute atomic E-state index is 0.0120. The standard InChI is InChI=1S/C24H38BNO6/c1-21(2,3)15-14-18(27)29-19-16(25-31-23(7,8)24(9,10)32-25)12-11-13-17(19)26-20(28)30-22(4,5)6/h11-13H,14-15H2,1-10H3,(H,26,28). The van der Waals surface area contributed by atoms with Crippen molar-refractivity contribution in [3.63, 3.8) is 0 Å². The zero-order chi connectivity index (χ0) is 24.5. The van der Waals surface area contributed by atoms with Crippen molar-refractivity contribution in [3.8, 4) is 5.75 Å². The van der Waals surface area contributed by atoms with Crippen LogP contribution in [-0.4, -0.2) is 36.0 Å². The topological polar surface area (TPSA) is 83.1 Å². The summed E-state index contributed by atoms with van der Waals surface area (Å²) in [6.45, 7) is 19.3. The Bertz CT molecular complexity index is 835. The maximum absolute atomic E-state index is 12.7. The number of carbonyl (C=O) groups excluding carboxylic acids is 2. The molecule has 1 N–H and O–H groups in total. The van der Waals surface area contributed by atoms with Crippen molar-refractivity contribution in [2.24, 2.45) is 5.41 Å². The van der Waals surface area contributed by atoms with E-state index in [2.05, 4.69) is 26.1 Å². The van der Waals surface area contributed by atoms with Crippen LogP contribution in [0.5, 0.6) is 5.75 Å². The number of benzene rings is 1. The molecule has 0 radical (unpaired) electrons. The number of carbonyl (C=O) groups is 2. The molecule has 0 atom stereocenters. The van der Waals surface area contributed by atoms with Gasteiger partial charge in [-0.1, -0.05) is 32.9 Å². The number of anilines is 1. The lowest BCUT2D eigenvalue weighted by Crippen LogP contribution is -2.41. The first kappa shape index (κ1) is 26.2. The van der Waals surface area contributed by atoms with Gasteiger partial charge in [0.2, 0.25) is 0 Å². The van der Waals surface area contributed by atoms with Crippen LogP contribution in [0, 0.1) is 5.41 Å². The lowest BCUT2D eigenvalue weighted by Gasteiger charge is -2.32. The van der Waals surface area contributed by atoms with Gasteiger partial charge in [0, 0.05) is 11.9 Å². The fourth-order valence-electron chi connectivity index (χ4n) is 2.98. The smallest absolute Gasteiger partial charge is 0.444 e. The predicted octanol–water partition coefficient (Wildman–Crippen LogP) is 5.06. The van der Waals surface area contributed by atoms with Crippen LogP contribution in [0.25, 0.3) is 0 Å². The fourth-order valence-corrected chi connectivity index (χ4v) is 2.98. The summed E-state index contributed by atoms with van der Waals surface area (Å²) in [4.78, 5) is 25.1. The second-order valence-corrected chi connectivity index (χ2v) is 11.5. The molecule has 1 saturated heterocycles. The highest BCUT2D eigenvalue weighted by Crippen LogP contribution is 2.38. The van der Waals surface area contributed by atoms with Gasteiger partial charge in [-0.15, -0.1) is 0 Å². The number of ether oxygens (including phenoxy) is 2. The molecule has 0 aromatic heterocycles. The summed E-state index contributed by atoms with van der Waals surface area (Å²) in [5.74, 6) is -0.188. The molecule has 0 bridgehead atoms. The molecule has 178 valence electrons. The summed E-state index contributed by atoms with van der Waals surface area (Å²) in [7, 11) is -0.759. The Morgan fingerprint density at radius 1 is 1.00 bits per heavy atom. The molecule has 0 spiro atoms. The number of rotatable bonds is 5. The molecule has 0 unspecified atom stereocenters. The summed E-state index contributed by atoms with van der Waals surface area (Å²) < 4.78 is 23.5. The first-order valence-electron chi connectivity index (χ1n) is 11.1. The van der Waals surface area contributed by atoms with Crippen molar-refractivity contribution in [3.05, 3.63) is 18.2 Å². The summed E-state index contributed by atoms with van der Waals surface area (Å²) in [5.41, 5.74) is -0.977. The quantitative estimate of drug-likeness (QED) is 0.386. The van der Waals surface area contributed by atoms with E-state index in [9.17, 15) is 9.59 Å². The Balaban J connectivity index is 2.38. The highest BCUT2D eigenvalue weighted by atomic mass is 16.7. The van der Waals surface area contributed by atoms with Gasteiger partial charge in [-0.3, -0.25) is 10.1 Å². The van der Waals surface area contributed by atoms with Crippen LogP contribution in [0.1, 0.15) is 82.1 Å². The minimum atomic E-state index is -0.759. The Morgan fingerprint density at radius 2 is 1.56 bits per heavy atom. The maximum atomic E-state index is 12.7. The molecule has 1 aromatic carbocycles. The van der Waals surface area contributed by atoms with Crippen molar-refractivity contribution in [2.75, 3.05) is 5.32 Å². The molecule has 1 amide bonds. The van der Waals surface area contributed by atoms with E-state index in [1.54, 1.807) is 39.0 Å². The fraction of sp³-hybridized carbons (Fsp3) is 0.667. The number of nitrogens with one attached hydrogen (secondary N) is 1. The second-order valence-electron chi connectivity index (χ2n) is 11.5. The van der Waals surface area contributed by atoms with Gasteiger partial charge in [0.05, 0.1) is 16.9 Å². The molecule has 1 heterocycles. The zero-order valence-corrected chi connectivity index (χ0v) is 21.2. The van der Waals surface area contributed by atoms with Gasteiger partial charge in [-0.05, 0) is 66.4 Å². The third kappa shape index (κ3) is 6.97. The van der Waals surface area contributed by atoms with E-state index >= 15 is 0 Å². The van der Waals surface area contributed by atoms with Crippen LogP contribution in [-0.2, 0) is 18.8 Å². The number of amides is 1. The molecule has 0 aliphatic carbocycles. The van der Waals surface area contributed by atoms with Crippen LogP contribution in [0.3, 0.4) is 0 Å². The predicted molar refractivity (Wildman–Crippen MR) is 126 cm³/mol. The van der Waals surface area contributed by atoms with Gasteiger partial charge in [-0.25, -0.2) is 4.79 Å². The first-order chi connectivity index (χ1) is 14.4. The van der Waals surface area contributed by atoms with E-state index in [-0.39, 0.29) is 17.6 Å². The Kier molecular flexibility index (Phi) is 7.42. The molecule has 1 aliphatic heterocycles. The van der Waals surface area contributed by atoms with E-state index in [0.717, 1.165) is 0 Å². The van der Waals surface area contributed by atoms with Gasteiger partial charge in [0.1, 0.15) is 5.60 Å². The molecular formula is C24H38BNO6. The SMILES string of the molecule is CC(C)(C)CCC(=O)Oc1c(NC(=O)OC(C)(C)C)cccc1B1OC(C)(C)C(C)(C)O1. The van der Waals surface area contributed by atoms with E-state index in [1.165, 1.54) is 0 Å². The van der Waals surface area contributed by atoms with E-state index in [1.807, 2.05) is 27.7 Å². The van der Waals surface area contributed by atoms with Crippen LogP contribution in [0.4, 0.5) is 10.5 Å². The van der Waals surface area contributed by atoms with Crippen LogP contribution in [0.2, 0.25) is 0 Å². The summed E-state index contributed by atoms with van der Waals surface area (Å²) in [5, 5.41) is 2.70. The normalized spacial score (nSPS) is 17.8. The molecule has 32 heavy (non-hydrogen) atoms. The van der Waals surface area contributed by atoms with E-state index in [4.69, 9.17) is 18.8 Å². The van der Waals surface area contributed by atoms with Gasteiger partial charge < -0.3 is 18.8 Å². The third-order valence-electron chi connectivity index (χ3n) is 5.48. The highest BCUT2D eigenvalue weighted by molar-refractivity contribution is 6.63. The molecular weight excluding hydrogens is 409 g/mol. The lowest BCUT2D eigenvalue weighted by molar-refractivity contribution is -0.134. The Labute approximate surface area is 192 Å². The first-order valence-corrected chi connectivity index (χ1v) is 11.1. The molecule has 1 fully saturated rings. The van der Waals surface area contributed by atoms with Crippen LogP contribution >= 0.6 is 0 Å². The zero-order valence-electron chi connectivity index (χ0n) is 21.2. The van der Waals surface area contributed by atoms with Gasteiger partial charge in [-0.2, -0.15) is 0 Å². The monoisotopic (exact) mass is 447 g/mol. The van der Waals surface area contributed by atoms with Gasteiger partial charge in [0.15, 0.2) is 5.75 Å². The third-order valence-corrected chi connectivity index (χ3v) is 5.48. The molecule has 1 aliphatic rings. The average molecular weight is 447 g/mol. The number of hydrogen-bond donors (Lipinski definition) is 1. The second kappa shape index (κ2) is 9.06. The molecule has 0 saturated carbocycles. The number of esters is 1. The summed E-state index contributed by atoms with van der Waals surface area (Å²) in [6, 6.07) is 5.18. The molecule has 1 aromatic rings.